The number of rotatable bonds is 8. The van der Waals surface area contributed by atoms with E-state index in [2.05, 4.69) is 10.5 Å². The normalized spacial score (nSPS) is 11.4. The number of aryl methyl sites for hydroxylation is 1. The lowest BCUT2D eigenvalue weighted by Gasteiger charge is -2.12. The second-order valence-electron chi connectivity index (χ2n) is 8.67. The van der Waals surface area contributed by atoms with Gasteiger partial charge in [0.15, 0.2) is 0 Å². The number of nitro benzene ring substituents is 2. The Morgan fingerprint density at radius 1 is 0.951 bits per heavy atom. The molecule has 0 unspecified atom stereocenters. The molecule has 0 saturated heterocycles. The highest BCUT2D eigenvalue weighted by molar-refractivity contribution is 5.98. The topological polar surface area (TPSA) is 142 Å². The third-order valence-corrected chi connectivity index (χ3v) is 5.99. The fourth-order valence-corrected chi connectivity index (χ4v) is 4.07. The van der Waals surface area contributed by atoms with Crippen LogP contribution in [0, 0.1) is 34.1 Å². The number of nitrogens with zero attached hydrogens (tertiary/aromatic N) is 4. The summed E-state index contributed by atoms with van der Waals surface area (Å²) in [7, 11) is 0. The Morgan fingerprint density at radius 3 is 2.24 bits per heavy atom. The van der Waals surface area contributed by atoms with Crippen molar-refractivity contribution in [1.82, 2.24) is 9.99 Å². The van der Waals surface area contributed by atoms with Crippen molar-refractivity contribution in [1.29, 1.82) is 0 Å². The van der Waals surface area contributed by atoms with Crippen molar-refractivity contribution in [2.45, 2.75) is 20.0 Å². The van der Waals surface area contributed by atoms with Gasteiger partial charge in [-0.2, -0.15) is 18.3 Å². The predicted octanol–water partition coefficient (Wildman–Crippen LogP) is 6.49. The first-order chi connectivity index (χ1) is 19.4. The van der Waals surface area contributed by atoms with Crippen molar-refractivity contribution >= 4 is 23.5 Å². The molecule has 0 atom stereocenters. The number of carbonyl (C=O) groups excluding carboxylic acids is 1. The zero-order valence-electron chi connectivity index (χ0n) is 21.4. The maximum Gasteiger partial charge on any atom is 0.416 e. The van der Waals surface area contributed by atoms with E-state index >= 15 is 0 Å². The Hall–Kier alpha value is -5.53. The number of nitrogens with one attached hydrogen (secondary N) is 1. The number of aromatic nitrogens is 1. The molecule has 3 aromatic carbocycles. The molecular weight excluding hydrogens is 547 g/mol. The van der Waals surface area contributed by atoms with Crippen molar-refractivity contribution < 1.29 is 32.5 Å². The lowest BCUT2D eigenvalue weighted by atomic mass is 10.2. The number of carbonyl (C=O) groups is 1. The van der Waals surface area contributed by atoms with Gasteiger partial charge in [0, 0.05) is 34.8 Å². The molecule has 0 radical (unpaired) electrons. The molecular formula is C27H20F3N5O6. The average molecular weight is 567 g/mol. The molecule has 41 heavy (non-hydrogen) atoms. The molecule has 0 saturated carbocycles. The number of hydrazone groups is 1. The SMILES string of the molecule is Cc1cc(/C=N\NC(=O)c2ccccc2[N+](=O)[O-])c(C)n1-c1ccc(Oc2ccc(C(F)(F)F)cc2[N+](=O)[O-])cc1. The Labute approximate surface area is 229 Å². The van der Waals surface area contributed by atoms with E-state index < -0.39 is 33.2 Å². The molecule has 0 fully saturated rings. The molecule has 4 rings (SSSR count). The lowest BCUT2D eigenvalue weighted by molar-refractivity contribution is -0.385. The van der Waals surface area contributed by atoms with E-state index in [0.717, 1.165) is 17.5 Å². The number of ether oxygens (including phenoxy) is 1. The molecule has 1 aromatic heterocycles. The van der Waals surface area contributed by atoms with E-state index in [0.29, 0.717) is 23.4 Å². The second-order valence-corrected chi connectivity index (χ2v) is 8.67. The molecule has 11 nitrogen and oxygen atoms in total. The largest absolute Gasteiger partial charge is 0.450 e. The molecule has 0 aliphatic rings. The highest BCUT2D eigenvalue weighted by Gasteiger charge is 2.33. The molecule has 0 aliphatic heterocycles. The highest BCUT2D eigenvalue weighted by atomic mass is 19.4. The number of benzene rings is 3. The maximum absolute atomic E-state index is 13.0. The first-order valence-electron chi connectivity index (χ1n) is 11.8. The van der Waals surface area contributed by atoms with Crippen LogP contribution in [0.3, 0.4) is 0 Å². The van der Waals surface area contributed by atoms with Gasteiger partial charge in [-0.15, -0.1) is 0 Å². The average Bonchev–Trinajstić information content (AvgIpc) is 3.21. The standard InChI is InChI=1S/C27H20F3N5O6/c1-16-13-18(15-31-32-26(36)22-5-3-4-6-23(22)34(37)38)17(2)33(16)20-8-10-21(11-9-20)41-25-12-7-19(27(28,29)30)14-24(25)35(39)40/h3-15H,1-2H3,(H,32,36)/b31-15-. The van der Waals surface area contributed by atoms with Crippen LogP contribution in [0.4, 0.5) is 24.5 Å². The third-order valence-electron chi connectivity index (χ3n) is 5.99. The molecule has 1 N–H and O–H groups in total. The monoisotopic (exact) mass is 567 g/mol. The second kappa shape index (κ2) is 11.3. The van der Waals surface area contributed by atoms with Crippen LogP contribution in [-0.4, -0.2) is 26.5 Å². The minimum atomic E-state index is -4.74. The minimum Gasteiger partial charge on any atom is -0.450 e. The summed E-state index contributed by atoms with van der Waals surface area (Å²) in [4.78, 5) is 33.3. The molecule has 0 spiro atoms. The van der Waals surface area contributed by atoms with E-state index in [4.69, 9.17) is 4.74 Å². The molecule has 1 heterocycles. The Morgan fingerprint density at radius 2 is 1.61 bits per heavy atom. The van der Waals surface area contributed by atoms with Gasteiger partial charge in [-0.05, 0) is 62.4 Å². The van der Waals surface area contributed by atoms with Gasteiger partial charge in [-0.3, -0.25) is 25.0 Å². The summed E-state index contributed by atoms with van der Waals surface area (Å²) in [6, 6.07) is 15.6. The number of hydrogen-bond donors (Lipinski definition) is 1. The van der Waals surface area contributed by atoms with Gasteiger partial charge in [0.05, 0.1) is 21.6 Å². The van der Waals surface area contributed by atoms with Gasteiger partial charge in [0.2, 0.25) is 5.75 Å². The molecule has 14 heteroatoms. The van der Waals surface area contributed by atoms with Crippen LogP contribution in [0.1, 0.15) is 32.9 Å². The summed E-state index contributed by atoms with van der Waals surface area (Å²) < 4.78 is 46.3. The van der Waals surface area contributed by atoms with Crippen molar-refractivity contribution in [3.63, 3.8) is 0 Å². The van der Waals surface area contributed by atoms with Crippen LogP contribution in [0.25, 0.3) is 5.69 Å². The molecule has 0 aliphatic carbocycles. The fraction of sp³-hybridized carbons (Fsp3) is 0.111. The van der Waals surface area contributed by atoms with Crippen molar-refractivity contribution in [3.05, 3.63) is 121 Å². The minimum absolute atomic E-state index is 0.135. The third kappa shape index (κ3) is 6.21. The molecule has 4 aromatic rings. The summed E-state index contributed by atoms with van der Waals surface area (Å²) in [5, 5.41) is 26.4. The van der Waals surface area contributed by atoms with Gasteiger partial charge < -0.3 is 9.30 Å². The van der Waals surface area contributed by atoms with Crippen LogP contribution in [0.2, 0.25) is 0 Å². The van der Waals surface area contributed by atoms with Crippen LogP contribution in [0.5, 0.6) is 11.5 Å². The van der Waals surface area contributed by atoms with Crippen LogP contribution >= 0.6 is 0 Å². The van der Waals surface area contributed by atoms with E-state index in [1.54, 1.807) is 25.1 Å². The van der Waals surface area contributed by atoms with Crippen molar-refractivity contribution in [2.24, 2.45) is 5.10 Å². The highest BCUT2D eigenvalue weighted by Crippen LogP contribution is 2.38. The summed E-state index contributed by atoms with van der Waals surface area (Å²) in [6.45, 7) is 3.63. The van der Waals surface area contributed by atoms with Crippen LogP contribution < -0.4 is 10.2 Å². The van der Waals surface area contributed by atoms with Crippen LogP contribution in [0.15, 0.2) is 77.9 Å². The number of amides is 1. The summed E-state index contributed by atoms with van der Waals surface area (Å²) >= 11 is 0. The number of hydrogen-bond acceptors (Lipinski definition) is 7. The van der Waals surface area contributed by atoms with E-state index in [1.807, 2.05) is 11.5 Å². The summed E-state index contributed by atoms with van der Waals surface area (Å²) in [6.07, 6.45) is -3.35. The summed E-state index contributed by atoms with van der Waals surface area (Å²) in [5.74, 6) is -0.921. The first-order valence-corrected chi connectivity index (χ1v) is 11.8. The lowest BCUT2D eigenvalue weighted by Crippen LogP contribution is -2.19. The van der Waals surface area contributed by atoms with Gasteiger partial charge in [0.1, 0.15) is 11.3 Å². The first kappa shape index (κ1) is 28.5. The van der Waals surface area contributed by atoms with Gasteiger partial charge >= 0.3 is 11.9 Å². The smallest absolute Gasteiger partial charge is 0.416 e. The molecule has 0 bridgehead atoms. The van der Waals surface area contributed by atoms with Gasteiger partial charge in [0.25, 0.3) is 11.6 Å². The predicted molar refractivity (Wildman–Crippen MR) is 142 cm³/mol. The number of halogens is 3. The van der Waals surface area contributed by atoms with Crippen molar-refractivity contribution in [2.75, 3.05) is 0 Å². The van der Waals surface area contributed by atoms with Gasteiger partial charge in [-0.1, -0.05) is 12.1 Å². The Balaban J connectivity index is 1.51. The zero-order valence-corrected chi connectivity index (χ0v) is 21.4. The van der Waals surface area contributed by atoms with Crippen molar-refractivity contribution in [3.8, 4) is 17.2 Å². The van der Waals surface area contributed by atoms with Crippen LogP contribution in [-0.2, 0) is 6.18 Å². The number of nitro groups is 2. The molecule has 1 amide bonds. The fourth-order valence-electron chi connectivity index (χ4n) is 4.07. The molecule has 210 valence electrons. The number of alkyl halides is 3. The maximum atomic E-state index is 13.0. The number of para-hydroxylation sites is 1. The van der Waals surface area contributed by atoms with E-state index in [9.17, 15) is 38.2 Å². The van der Waals surface area contributed by atoms with Gasteiger partial charge in [-0.25, -0.2) is 5.43 Å². The van der Waals surface area contributed by atoms with E-state index in [-0.39, 0.29) is 22.7 Å². The Kier molecular flexibility index (Phi) is 7.85. The zero-order chi connectivity index (χ0) is 29.9. The van der Waals surface area contributed by atoms with E-state index in [1.165, 1.54) is 42.6 Å². The Bertz CT molecular complexity index is 1680. The quantitative estimate of drug-likeness (QED) is 0.147. The summed E-state index contributed by atoms with van der Waals surface area (Å²) in [5.41, 5.74) is 2.67.